The largest absolute Gasteiger partial charge is 0.320 e. The number of Topliss-reactive ketones (excluding diaryl/α,β-unsaturated/α-hetero) is 1. The van der Waals surface area contributed by atoms with Crippen molar-refractivity contribution in [3.8, 4) is 11.1 Å². The molecular formula is C31H35N3O3S. The molecule has 0 aromatic heterocycles. The Labute approximate surface area is 229 Å². The molecule has 3 aromatic rings. The summed E-state index contributed by atoms with van der Waals surface area (Å²) in [5.41, 5.74) is 9.83. The lowest BCUT2D eigenvalue weighted by atomic mass is 10.0. The Hall–Kier alpha value is -3.26. The van der Waals surface area contributed by atoms with Crippen molar-refractivity contribution in [2.45, 2.75) is 37.9 Å². The van der Waals surface area contributed by atoms with Crippen LogP contribution in [0.5, 0.6) is 0 Å². The number of benzene rings is 3. The van der Waals surface area contributed by atoms with Crippen molar-refractivity contribution in [3.05, 3.63) is 96.1 Å². The number of hydrogen-bond donors (Lipinski definition) is 1. The van der Waals surface area contributed by atoms with E-state index in [1.807, 2.05) is 96.1 Å². The van der Waals surface area contributed by atoms with Gasteiger partial charge >= 0.3 is 0 Å². The Morgan fingerprint density at radius 1 is 0.947 bits per heavy atom. The zero-order valence-corrected chi connectivity index (χ0v) is 22.6. The SMILES string of the molecule is CSCC[C@H](N)C(=O)N(Cc1ccccc1)C(=O)[C@@H]1CCCN1CC(=O)c1ccc(-c2ccccc2)cc1. The number of hydrogen-bond acceptors (Lipinski definition) is 6. The summed E-state index contributed by atoms with van der Waals surface area (Å²) in [6, 6.07) is 25.8. The summed E-state index contributed by atoms with van der Waals surface area (Å²) in [4.78, 5) is 43.5. The molecule has 1 fully saturated rings. The third kappa shape index (κ3) is 6.98. The number of amides is 2. The van der Waals surface area contributed by atoms with Gasteiger partial charge in [0.15, 0.2) is 5.78 Å². The van der Waals surface area contributed by atoms with E-state index in [1.165, 1.54) is 4.90 Å². The highest BCUT2D eigenvalue weighted by molar-refractivity contribution is 7.98. The molecule has 1 aliphatic rings. The second kappa shape index (κ2) is 13.5. The van der Waals surface area contributed by atoms with E-state index in [9.17, 15) is 14.4 Å². The monoisotopic (exact) mass is 529 g/mol. The van der Waals surface area contributed by atoms with Crippen molar-refractivity contribution in [1.82, 2.24) is 9.80 Å². The van der Waals surface area contributed by atoms with Gasteiger partial charge in [0.05, 0.1) is 25.2 Å². The van der Waals surface area contributed by atoms with E-state index in [-0.39, 0.29) is 30.7 Å². The normalized spacial score (nSPS) is 16.2. The summed E-state index contributed by atoms with van der Waals surface area (Å²) in [6.45, 7) is 0.938. The highest BCUT2D eigenvalue weighted by Gasteiger charge is 2.38. The van der Waals surface area contributed by atoms with Gasteiger partial charge in [-0.25, -0.2) is 0 Å². The van der Waals surface area contributed by atoms with E-state index >= 15 is 0 Å². The van der Waals surface area contributed by atoms with Gasteiger partial charge in [-0.05, 0) is 54.5 Å². The quantitative estimate of drug-likeness (QED) is 0.365. The van der Waals surface area contributed by atoms with Gasteiger partial charge in [0.2, 0.25) is 11.8 Å². The molecule has 1 saturated heterocycles. The van der Waals surface area contributed by atoms with Crippen molar-refractivity contribution in [2.75, 3.05) is 25.1 Å². The number of ketones is 1. The summed E-state index contributed by atoms with van der Waals surface area (Å²) in [6.07, 6.45) is 3.87. The summed E-state index contributed by atoms with van der Waals surface area (Å²) >= 11 is 1.62. The molecular weight excluding hydrogens is 494 g/mol. The third-order valence-corrected chi connectivity index (χ3v) is 7.62. The predicted octanol–water partition coefficient (Wildman–Crippen LogP) is 4.64. The first-order chi connectivity index (χ1) is 18.5. The van der Waals surface area contributed by atoms with Crippen LogP contribution in [-0.2, 0) is 16.1 Å². The number of thioether (sulfide) groups is 1. The van der Waals surface area contributed by atoms with Gasteiger partial charge in [-0.2, -0.15) is 11.8 Å². The van der Waals surface area contributed by atoms with E-state index in [1.54, 1.807) is 11.8 Å². The molecule has 0 spiro atoms. The fourth-order valence-corrected chi connectivity index (χ4v) is 5.32. The molecule has 38 heavy (non-hydrogen) atoms. The lowest BCUT2D eigenvalue weighted by Crippen LogP contribution is -2.53. The molecule has 6 nitrogen and oxygen atoms in total. The summed E-state index contributed by atoms with van der Waals surface area (Å²) in [5.74, 6) is 0.0700. The highest BCUT2D eigenvalue weighted by Crippen LogP contribution is 2.23. The molecule has 2 amide bonds. The van der Waals surface area contributed by atoms with Crippen LogP contribution in [0.3, 0.4) is 0 Å². The topological polar surface area (TPSA) is 83.7 Å². The third-order valence-electron chi connectivity index (χ3n) is 6.98. The van der Waals surface area contributed by atoms with Crippen LogP contribution in [0.25, 0.3) is 11.1 Å². The second-order valence-electron chi connectivity index (χ2n) is 9.63. The fraction of sp³-hybridized carbons (Fsp3) is 0.323. The van der Waals surface area contributed by atoms with Gasteiger partial charge in [0.1, 0.15) is 0 Å². The molecule has 0 unspecified atom stereocenters. The van der Waals surface area contributed by atoms with Crippen LogP contribution in [-0.4, -0.2) is 64.6 Å². The molecule has 1 heterocycles. The zero-order chi connectivity index (χ0) is 26.9. The van der Waals surface area contributed by atoms with Crippen molar-refractivity contribution >= 4 is 29.4 Å². The van der Waals surface area contributed by atoms with E-state index in [2.05, 4.69) is 0 Å². The first kappa shape index (κ1) is 27.8. The van der Waals surface area contributed by atoms with Crippen LogP contribution in [0.1, 0.15) is 35.2 Å². The standard InChI is InChI=1S/C31H35N3O3S/c1-38-20-18-27(32)30(36)34(21-23-9-4-2-5-10-23)31(37)28-13-8-19-33(28)22-29(35)26-16-14-25(15-17-26)24-11-6-3-7-12-24/h2-7,9-12,14-17,27-28H,8,13,18-22,32H2,1H3/t27-,28-/m0/s1. The summed E-state index contributed by atoms with van der Waals surface area (Å²) in [7, 11) is 0. The molecule has 3 aromatic carbocycles. The van der Waals surface area contributed by atoms with E-state index in [0.717, 1.165) is 28.9 Å². The lowest BCUT2D eigenvalue weighted by molar-refractivity contribution is -0.149. The van der Waals surface area contributed by atoms with E-state index in [0.29, 0.717) is 24.9 Å². The fourth-order valence-electron chi connectivity index (χ4n) is 4.83. The number of likely N-dealkylation sites (tertiary alicyclic amines) is 1. The van der Waals surface area contributed by atoms with Gasteiger partial charge in [0, 0.05) is 5.56 Å². The Balaban J connectivity index is 1.47. The molecule has 0 saturated carbocycles. The van der Waals surface area contributed by atoms with E-state index in [4.69, 9.17) is 5.73 Å². The number of carbonyl (C=O) groups is 3. The number of imide groups is 1. The van der Waals surface area contributed by atoms with Crippen molar-refractivity contribution < 1.29 is 14.4 Å². The summed E-state index contributed by atoms with van der Waals surface area (Å²) in [5, 5.41) is 0. The Morgan fingerprint density at radius 2 is 1.58 bits per heavy atom. The van der Waals surface area contributed by atoms with Gasteiger partial charge in [-0.15, -0.1) is 0 Å². The van der Waals surface area contributed by atoms with Gasteiger partial charge in [-0.3, -0.25) is 24.2 Å². The molecule has 2 N–H and O–H groups in total. The van der Waals surface area contributed by atoms with Crippen LogP contribution in [0.2, 0.25) is 0 Å². The molecule has 198 valence electrons. The minimum atomic E-state index is -0.741. The molecule has 2 atom stereocenters. The molecule has 1 aliphatic heterocycles. The average molecular weight is 530 g/mol. The highest BCUT2D eigenvalue weighted by atomic mass is 32.2. The number of rotatable bonds is 11. The Bertz CT molecular complexity index is 1220. The minimum Gasteiger partial charge on any atom is -0.320 e. The molecule has 4 rings (SSSR count). The maximum Gasteiger partial charge on any atom is 0.246 e. The molecule has 0 radical (unpaired) electrons. The van der Waals surface area contributed by atoms with Gasteiger partial charge < -0.3 is 5.73 Å². The van der Waals surface area contributed by atoms with Crippen molar-refractivity contribution in [3.63, 3.8) is 0 Å². The Morgan fingerprint density at radius 3 is 2.24 bits per heavy atom. The molecule has 7 heteroatoms. The van der Waals surface area contributed by atoms with Crippen LogP contribution < -0.4 is 5.73 Å². The number of nitrogens with zero attached hydrogens (tertiary/aromatic N) is 2. The second-order valence-corrected chi connectivity index (χ2v) is 10.6. The maximum atomic E-state index is 13.8. The van der Waals surface area contributed by atoms with Crippen molar-refractivity contribution in [2.24, 2.45) is 5.73 Å². The predicted molar refractivity (Wildman–Crippen MR) is 154 cm³/mol. The zero-order valence-electron chi connectivity index (χ0n) is 21.8. The Kier molecular flexibility index (Phi) is 9.87. The van der Waals surface area contributed by atoms with Crippen LogP contribution in [0, 0.1) is 0 Å². The number of carbonyl (C=O) groups excluding carboxylic acids is 3. The minimum absolute atomic E-state index is 0.0399. The van der Waals surface area contributed by atoms with E-state index < -0.39 is 12.1 Å². The smallest absolute Gasteiger partial charge is 0.246 e. The lowest BCUT2D eigenvalue weighted by Gasteiger charge is -2.30. The molecule has 0 aliphatic carbocycles. The van der Waals surface area contributed by atoms with Crippen molar-refractivity contribution in [1.29, 1.82) is 0 Å². The average Bonchev–Trinajstić information content (AvgIpc) is 3.43. The van der Waals surface area contributed by atoms with Crippen LogP contribution >= 0.6 is 11.8 Å². The van der Waals surface area contributed by atoms with Gasteiger partial charge in [0.25, 0.3) is 0 Å². The molecule has 0 bridgehead atoms. The summed E-state index contributed by atoms with van der Waals surface area (Å²) < 4.78 is 0. The first-order valence-corrected chi connectivity index (χ1v) is 14.4. The first-order valence-electron chi connectivity index (χ1n) is 13.0. The maximum absolute atomic E-state index is 13.8. The van der Waals surface area contributed by atoms with Gasteiger partial charge in [-0.1, -0.05) is 84.9 Å². The number of nitrogens with two attached hydrogens (primary N) is 1. The van der Waals surface area contributed by atoms with Crippen LogP contribution in [0.4, 0.5) is 0 Å². The van der Waals surface area contributed by atoms with Crippen LogP contribution in [0.15, 0.2) is 84.9 Å².